The van der Waals surface area contributed by atoms with Crippen LogP contribution in [0.5, 0.6) is 0 Å². The summed E-state index contributed by atoms with van der Waals surface area (Å²) < 4.78 is 13.3. The molecule has 3 heterocycles. The smallest absolute Gasteiger partial charge is 0.251 e. The summed E-state index contributed by atoms with van der Waals surface area (Å²) in [6, 6.07) is 7.77. The monoisotopic (exact) mass is 381 g/mol. The zero-order chi connectivity index (χ0) is 19.5. The fourth-order valence-corrected chi connectivity index (χ4v) is 3.41. The molecule has 1 fully saturated rings. The van der Waals surface area contributed by atoms with E-state index in [1.807, 2.05) is 4.90 Å². The topological polar surface area (TPSA) is 82.2 Å². The van der Waals surface area contributed by atoms with Crippen LogP contribution in [0.4, 0.5) is 10.3 Å². The van der Waals surface area contributed by atoms with E-state index in [9.17, 15) is 14.0 Å². The quantitative estimate of drug-likeness (QED) is 0.744. The molecule has 0 saturated carbocycles. The molecule has 1 amide bonds. The van der Waals surface area contributed by atoms with Crippen molar-refractivity contribution < 1.29 is 9.18 Å². The number of fused-ring (bicyclic) bond motifs is 1. The number of halogens is 1. The Balaban J connectivity index is 1.36. The van der Waals surface area contributed by atoms with Gasteiger partial charge in [-0.2, -0.15) is 0 Å². The molecule has 3 aromatic rings. The lowest BCUT2D eigenvalue weighted by Gasteiger charge is -2.34. The maximum atomic E-state index is 13.3. The first-order valence-corrected chi connectivity index (χ1v) is 9.21. The normalized spacial score (nSPS) is 14.5. The highest BCUT2D eigenvalue weighted by molar-refractivity contribution is 5.79. The SMILES string of the molecule is O=C(CCc1cc2ccc(F)cc2[nH]c1=O)N1CCN(c2ncccn2)CC1. The highest BCUT2D eigenvalue weighted by Crippen LogP contribution is 2.15. The fraction of sp³-hybridized carbons (Fsp3) is 0.300. The van der Waals surface area contributed by atoms with Gasteiger partial charge in [-0.05, 0) is 42.1 Å². The average Bonchev–Trinajstić information content (AvgIpc) is 2.73. The summed E-state index contributed by atoms with van der Waals surface area (Å²) in [4.78, 5) is 39.8. The second-order valence-electron chi connectivity index (χ2n) is 6.77. The fourth-order valence-electron chi connectivity index (χ4n) is 3.41. The molecule has 0 bridgehead atoms. The van der Waals surface area contributed by atoms with Gasteiger partial charge in [-0.3, -0.25) is 9.59 Å². The van der Waals surface area contributed by atoms with Crippen molar-refractivity contribution in [2.45, 2.75) is 12.8 Å². The molecule has 2 aromatic heterocycles. The van der Waals surface area contributed by atoms with Gasteiger partial charge in [-0.25, -0.2) is 14.4 Å². The molecule has 144 valence electrons. The van der Waals surface area contributed by atoms with Crippen LogP contribution >= 0.6 is 0 Å². The van der Waals surface area contributed by atoms with Crippen LogP contribution in [0.15, 0.2) is 47.5 Å². The number of pyridine rings is 1. The second-order valence-corrected chi connectivity index (χ2v) is 6.77. The Morgan fingerprint density at radius 3 is 2.61 bits per heavy atom. The number of piperazine rings is 1. The van der Waals surface area contributed by atoms with Crippen LogP contribution in [0, 0.1) is 5.82 Å². The molecule has 1 aliphatic heterocycles. The predicted octanol–water partition coefficient (Wildman–Crippen LogP) is 1.74. The van der Waals surface area contributed by atoms with Crippen molar-refractivity contribution >= 4 is 22.8 Å². The standard InChI is InChI=1S/C20H20FN5O2/c21-16-4-2-14-12-15(19(28)24-17(14)13-16)3-5-18(27)25-8-10-26(11-9-25)20-22-6-1-7-23-20/h1-2,4,6-7,12-13H,3,5,8-11H2,(H,24,28). The zero-order valence-corrected chi connectivity index (χ0v) is 15.3. The number of aromatic amines is 1. The van der Waals surface area contributed by atoms with Crippen LogP contribution in [0.25, 0.3) is 10.9 Å². The lowest BCUT2D eigenvalue weighted by Crippen LogP contribution is -2.49. The van der Waals surface area contributed by atoms with Crippen LogP contribution in [0.1, 0.15) is 12.0 Å². The molecule has 0 unspecified atom stereocenters. The second kappa shape index (κ2) is 7.75. The van der Waals surface area contributed by atoms with Gasteiger partial charge in [0, 0.05) is 50.6 Å². The molecule has 4 rings (SSSR count). The Morgan fingerprint density at radius 1 is 1.11 bits per heavy atom. The Hall–Kier alpha value is -3.29. The van der Waals surface area contributed by atoms with Crippen molar-refractivity contribution in [3.63, 3.8) is 0 Å². The molecule has 8 heteroatoms. The third kappa shape index (κ3) is 3.85. The molecule has 7 nitrogen and oxygen atoms in total. The zero-order valence-electron chi connectivity index (χ0n) is 15.3. The average molecular weight is 381 g/mol. The molecule has 0 aliphatic carbocycles. The summed E-state index contributed by atoms with van der Waals surface area (Å²) in [7, 11) is 0. The number of benzene rings is 1. The minimum Gasteiger partial charge on any atom is -0.339 e. The number of nitrogens with one attached hydrogen (secondary N) is 1. The summed E-state index contributed by atoms with van der Waals surface area (Å²) in [5.41, 5.74) is 0.708. The molecule has 0 atom stereocenters. The molecule has 1 aliphatic rings. The first-order valence-electron chi connectivity index (χ1n) is 9.21. The summed E-state index contributed by atoms with van der Waals surface area (Å²) in [5, 5.41) is 0.750. The Morgan fingerprint density at radius 2 is 1.86 bits per heavy atom. The van der Waals surface area contributed by atoms with Gasteiger partial charge in [0.05, 0.1) is 5.52 Å². The number of carbonyl (C=O) groups is 1. The maximum Gasteiger partial charge on any atom is 0.251 e. The lowest BCUT2D eigenvalue weighted by molar-refractivity contribution is -0.131. The number of aryl methyl sites for hydroxylation is 1. The Kier molecular flexibility index (Phi) is 5.01. The minimum atomic E-state index is -0.397. The molecule has 0 radical (unpaired) electrons. The highest BCUT2D eigenvalue weighted by atomic mass is 19.1. The van der Waals surface area contributed by atoms with E-state index in [-0.39, 0.29) is 17.9 Å². The van der Waals surface area contributed by atoms with E-state index >= 15 is 0 Å². The van der Waals surface area contributed by atoms with E-state index in [4.69, 9.17) is 0 Å². The molecule has 1 N–H and O–H groups in total. The van der Waals surface area contributed by atoms with Crippen molar-refractivity contribution in [1.82, 2.24) is 19.9 Å². The number of anilines is 1. The molecule has 1 aromatic carbocycles. The molecule has 28 heavy (non-hydrogen) atoms. The van der Waals surface area contributed by atoms with E-state index in [2.05, 4.69) is 19.9 Å². The van der Waals surface area contributed by atoms with Crippen molar-refractivity contribution in [3.8, 4) is 0 Å². The van der Waals surface area contributed by atoms with Gasteiger partial charge in [0.15, 0.2) is 0 Å². The number of hydrogen-bond acceptors (Lipinski definition) is 5. The number of H-pyrrole nitrogens is 1. The number of amides is 1. The number of nitrogens with zero attached hydrogens (tertiary/aromatic N) is 4. The van der Waals surface area contributed by atoms with Crippen LogP contribution in [0.3, 0.4) is 0 Å². The summed E-state index contributed by atoms with van der Waals surface area (Å²) in [5.74, 6) is 0.298. The summed E-state index contributed by atoms with van der Waals surface area (Å²) in [6.07, 6.45) is 4.02. The lowest BCUT2D eigenvalue weighted by atomic mass is 10.1. The van der Waals surface area contributed by atoms with Crippen LogP contribution in [0.2, 0.25) is 0 Å². The van der Waals surface area contributed by atoms with Crippen molar-refractivity contribution in [2.75, 3.05) is 31.1 Å². The molecular weight excluding hydrogens is 361 g/mol. The number of rotatable bonds is 4. The van der Waals surface area contributed by atoms with Crippen molar-refractivity contribution in [2.24, 2.45) is 0 Å². The third-order valence-corrected chi connectivity index (χ3v) is 4.96. The maximum absolute atomic E-state index is 13.3. The minimum absolute atomic E-state index is 0.0206. The summed E-state index contributed by atoms with van der Waals surface area (Å²) in [6.45, 7) is 2.56. The van der Waals surface area contributed by atoms with Gasteiger partial charge >= 0.3 is 0 Å². The first kappa shape index (κ1) is 18.1. The number of carbonyl (C=O) groups excluding carboxylic acids is 1. The Bertz CT molecular complexity index is 1050. The van der Waals surface area contributed by atoms with Crippen LogP contribution in [-0.2, 0) is 11.2 Å². The van der Waals surface area contributed by atoms with Gasteiger partial charge in [0.1, 0.15) is 5.82 Å². The van der Waals surface area contributed by atoms with E-state index in [1.165, 1.54) is 12.1 Å². The molecule has 1 saturated heterocycles. The van der Waals surface area contributed by atoms with Gasteiger partial charge in [-0.1, -0.05) is 0 Å². The third-order valence-electron chi connectivity index (χ3n) is 4.96. The first-order chi connectivity index (χ1) is 13.6. The van der Waals surface area contributed by atoms with Gasteiger partial charge < -0.3 is 14.8 Å². The molecule has 0 spiro atoms. The number of aromatic nitrogens is 3. The van der Waals surface area contributed by atoms with Crippen molar-refractivity contribution in [1.29, 1.82) is 0 Å². The number of hydrogen-bond donors (Lipinski definition) is 1. The summed E-state index contributed by atoms with van der Waals surface area (Å²) >= 11 is 0. The Labute approximate surface area is 160 Å². The largest absolute Gasteiger partial charge is 0.339 e. The van der Waals surface area contributed by atoms with Crippen LogP contribution in [-0.4, -0.2) is 51.9 Å². The van der Waals surface area contributed by atoms with Crippen LogP contribution < -0.4 is 10.5 Å². The van der Waals surface area contributed by atoms with E-state index in [1.54, 1.807) is 30.6 Å². The van der Waals surface area contributed by atoms with Gasteiger partial charge in [0.2, 0.25) is 11.9 Å². The van der Waals surface area contributed by atoms with Gasteiger partial charge in [0.25, 0.3) is 5.56 Å². The highest BCUT2D eigenvalue weighted by Gasteiger charge is 2.22. The van der Waals surface area contributed by atoms with E-state index in [0.717, 1.165) is 5.39 Å². The van der Waals surface area contributed by atoms with Crippen molar-refractivity contribution in [3.05, 3.63) is 64.5 Å². The predicted molar refractivity (Wildman–Crippen MR) is 104 cm³/mol. The van der Waals surface area contributed by atoms with E-state index < -0.39 is 5.82 Å². The van der Waals surface area contributed by atoms with Gasteiger partial charge in [-0.15, -0.1) is 0 Å². The van der Waals surface area contributed by atoms with E-state index in [0.29, 0.717) is 49.6 Å². The molecular formula is C20H20FN5O2.